The zero-order valence-corrected chi connectivity index (χ0v) is 16.8. The molecule has 0 aliphatic carbocycles. The molecule has 0 radical (unpaired) electrons. The molecule has 0 saturated carbocycles. The van der Waals surface area contributed by atoms with E-state index in [0.29, 0.717) is 31.1 Å². The molecule has 0 aromatic heterocycles. The molecule has 1 heterocycles. The molecule has 0 bridgehead atoms. The molecule has 1 aromatic rings. The van der Waals surface area contributed by atoms with E-state index in [0.717, 1.165) is 25.7 Å². The van der Waals surface area contributed by atoms with Crippen molar-refractivity contribution in [3.05, 3.63) is 24.3 Å². The number of piperidine rings is 1. The zero-order chi connectivity index (χ0) is 19.9. The van der Waals surface area contributed by atoms with Crippen LogP contribution in [0.15, 0.2) is 29.2 Å². The van der Waals surface area contributed by atoms with Crippen molar-refractivity contribution < 1.29 is 18.0 Å². The van der Waals surface area contributed by atoms with Gasteiger partial charge in [0.1, 0.15) is 0 Å². The first-order valence-electron chi connectivity index (χ1n) is 9.46. The number of amides is 2. The maximum Gasteiger partial charge on any atom is 0.243 e. The number of hydrogen-bond acceptors (Lipinski definition) is 4. The van der Waals surface area contributed by atoms with Gasteiger partial charge in [0.05, 0.1) is 11.4 Å². The van der Waals surface area contributed by atoms with Gasteiger partial charge in [0.15, 0.2) is 0 Å². The SMILES string of the molecule is CC(C)CCC(=O)NCC(=O)Nc1cccc(S(=O)(=O)N2CCCCC2)c1. The molecule has 0 unspecified atom stereocenters. The fourth-order valence-corrected chi connectivity index (χ4v) is 4.44. The van der Waals surface area contributed by atoms with Gasteiger partial charge in [0.2, 0.25) is 21.8 Å². The Labute approximate surface area is 161 Å². The second-order valence-corrected chi connectivity index (χ2v) is 9.19. The molecule has 7 nitrogen and oxygen atoms in total. The first-order chi connectivity index (χ1) is 12.8. The summed E-state index contributed by atoms with van der Waals surface area (Å²) in [6, 6.07) is 6.23. The zero-order valence-electron chi connectivity index (χ0n) is 16.0. The van der Waals surface area contributed by atoms with Crippen LogP contribution in [0.4, 0.5) is 5.69 Å². The smallest absolute Gasteiger partial charge is 0.243 e. The number of nitrogens with one attached hydrogen (secondary N) is 2. The highest BCUT2D eigenvalue weighted by molar-refractivity contribution is 7.89. The van der Waals surface area contributed by atoms with Crippen LogP contribution in [0.5, 0.6) is 0 Å². The summed E-state index contributed by atoms with van der Waals surface area (Å²) in [7, 11) is -3.55. The molecule has 2 N–H and O–H groups in total. The lowest BCUT2D eigenvalue weighted by Crippen LogP contribution is -2.35. The number of sulfonamides is 1. The standard InChI is InChI=1S/C19H29N3O4S/c1-15(2)9-10-18(23)20-14-19(24)21-16-7-6-8-17(13-16)27(25,26)22-11-4-3-5-12-22/h6-8,13,15H,3-5,9-12,14H2,1-2H3,(H,20,23)(H,21,24). The molecule has 0 atom stereocenters. The van der Waals surface area contributed by atoms with Crippen molar-refractivity contribution in [3.63, 3.8) is 0 Å². The predicted molar refractivity (Wildman–Crippen MR) is 105 cm³/mol. The van der Waals surface area contributed by atoms with Crippen LogP contribution < -0.4 is 10.6 Å². The van der Waals surface area contributed by atoms with E-state index in [1.807, 2.05) is 13.8 Å². The van der Waals surface area contributed by atoms with E-state index in [-0.39, 0.29) is 23.3 Å². The number of carbonyl (C=O) groups excluding carboxylic acids is 2. The minimum atomic E-state index is -3.55. The van der Waals surface area contributed by atoms with Crippen molar-refractivity contribution in [1.29, 1.82) is 0 Å². The summed E-state index contributed by atoms with van der Waals surface area (Å²) < 4.78 is 26.9. The largest absolute Gasteiger partial charge is 0.347 e. The van der Waals surface area contributed by atoms with Crippen molar-refractivity contribution >= 4 is 27.5 Å². The van der Waals surface area contributed by atoms with Gasteiger partial charge in [-0.3, -0.25) is 9.59 Å². The summed E-state index contributed by atoms with van der Waals surface area (Å²) in [5.41, 5.74) is 0.398. The van der Waals surface area contributed by atoms with Crippen molar-refractivity contribution in [3.8, 4) is 0 Å². The van der Waals surface area contributed by atoms with Crippen LogP contribution in [0.25, 0.3) is 0 Å². The third kappa shape index (κ3) is 6.62. The summed E-state index contributed by atoms with van der Waals surface area (Å²) >= 11 is 0. The molecule has 1 aromatic carbocycles. The fraction of sp³-hybridized carbons (Fsp3) is 0.579. The summed E-state index contributed by atoms with van der Waals surface area (Å²) in [6.45, 7) is 4.98. The second kappa shape index (κ2) is 9.85. The molecule has 1 fully saturated rings. The van der Waals surface area contributed by atoms with Gasteiger partial charge in [-0.2, -0.15) is 4.31 Å². The van der Waals surface area contributed by atoms with Crippen LogP contribution >= 0.6 is 0 Å². The van der Waals surface area contributed by atoms with E-state index in [9.17, 15) is 18.0 Å². The highest BCUT2D eigenvalue weighted by Crippen LogP contribution is 2.22. The Hall–Kier alpha value is -1.93. The van der Waals surface area contributed by atoms with E-state index in [4.69, 9.17) is 0 Å². The van der Waals surface area contributed by atoms with Gasteiger partial charge < -0.3 is 10.6 Å². The van der Waals surface area contributed by atoms with Gasteiger partial charge in [-0.15, -0.1) is 0 Å². The van der Waals surface area contributed by atoms with Crippen molar-refractivity contribution in [1.82, 2.24) is 9.62 Å². The lowest BCUT2D eigenvalue weighted by atomic mass is 10.1. The van der Waals surface area contributed by atoms with Gasteiger partial charge in [-0.05, 0) is 43.4 Å². The lowest BCUT2D eigenvalue weighted by molar-refractivity contribution is -0.124. The first-order valence-corrected chi connectivity index (χ1v) is 10.9. The van der Waals surface area contributed by atoms with E-state index >= 15 is 0 Å². The molecule has 27 heavy (non-hydrogen) atoms. The van der Waals surface area contributed by atoms with Gasteiger partial charge >= 0.3 is 0 Å². The Bertz CT molecular complexity index is 756. The monoisotopic (exact) mass is 395 g/mol. The summed E-state index contributed by atoms with van der Waals surface area (Å²) in [6.07, 6.45) is 3.93. The maximum atomic E-state index is 12.7. The maximum absolute atomic E-state index is 12.7. The number of hydrogen-bond donors (Lipinski definition) is 2. The number of rotatable bonds is 8. The Morgan fingerprint density at radius 1 is 1.11 bits per heavy atom. The fourth-order valence-electron chi connectivity index (χ4n) is 2.88. The topological polar surface area (TPSA) is 95.6 Å². The van der Waals surface area contributed by atoms with Crippen LogP contribution in [0.3, 0.4) is 0 Å². The molecular weight excluding hydrogens is 366 g/mol. The molecule has 150 valence electrons. The molecule has 1 aliphatic rings. The normalized spacial score (nSPS) is 15.5. The molecule has 2 rings (SSSR count). The Balaban J connectivity index is 1.93. The van der Waals surface area contributed by atoms with E-state index in [2.05, 4.69) is 10.6 Å². The minimum absolute atomic E-state index is 0.139. The molecule has 0 spiro atoms. The minimum Gasteiger partial charge on any atom is -0.347 e. The Morgan fingerprint density at radius 3 is 2.48 bits per heavy atom. The number of anilines is 1. The second-order valence-electron chi connectivity index (χ2n) is 7.25. The average Bonchev–Trinajstić information content (AvgIpc) is 2.65. The van der Waals surface area contributed by atoms with Crippen LogP contribution in [0.1, 0.15) is 46.0 Å². The van der Waals surface area contributed by atoms with Crippen molar-refractivity contribution in [2.75, 3.05) is 25.0 Å². The highest BCUT2D eigenvalue weighted by atomic mass is 32.2. The molecule has 8 heteroatoms. The first kappa shape index (κ1) is 21.4. The third-order valence-electron chi connectivity index (χ3n) is 4.47. The van der Waals surface area contributed by atoms with Gasteiger partial charge in [0, 0.05) is 25.2 Å². The van der Waals surface area contributed by atoms with Crippen LogP contribution in [0.2, 0.25) is 0 Å². The molecular formula is C19H29N3O4S. The van der Waals surface area contributed by atoms with Gasteiger partial charge in [0.25, 0.3) is 0 Å². The number of benzene rings is 1. The highest BCUT2D eigenvalue weighted by Gasteiger charge is 2.26. The molecule has 2 amide bonds. The number of carbonyl (C=O) groups is 2. The molecule has 1 saturated heterocycles. The summed E-state index contributed by atoms with van der Waals surface area (Å²) in [4.78, 5) is 23.9. The summed E-state index contributed by atoms with van der Waals surface area (Å²) in [5.74, 6) is -0.130. The quantitative estimate of drug-likeness (QED) is 0.706. The summed E-state index contributed by atoms with van der Waals surface area (Å²) in [5, 5.41) is 5.22. The average molecular weight is 396 g/mol. The van der Waals surface area contributed by atoms with E-state index < -0.39 is 10.0 Å². The van der Waals surface area contributed by atoms with Crippen LogP contribution in [-0.2, 0) is 19.6 Å². The van der Waals surface area contributed by atoms with Crippen molar-refractivity contribution in [2.45, 2.75) is 50.8 Å². The van der Waals surface area contributed by atoms with E-state index in [1.165, 1.54) is 16.4 Å². The van der Waals surface area contributed by atoms with Gasteiger partial charge in [-0.25, -0.2) is 8.42 Å². The Morgan fingerprint density at radius 2 is 1.81 bits per heavy atom. The van der Waals surface area contributed by atoms with Gasteiger partial charge in [-0.1, -0.05) is 26.3 Å². The lowest BCUT2D eigenvalue weighted by Gasteiger charge is -2.26. The van der Waals surface area contributed by atoms with E-state index in [1.54, 1.807) is 12.1 Å². The predicted octanol–water partition coefficient (Wildman–Crippen LogP) is 2.35. The Kier molecular flexibility index (Phi) is 7.79. The van der Waals surface area contributed by atoms with Crippen LogP contribution in [0, 0.1) is 5.92 Å². The third-order valence-corrected chi connectivity index (χ3v) is 6.36. The molecule has 1 aliphatic heterocycles. The van der Waals surface area contributed by atoms with Crippen LogP contribution in [-0.4, -0.2) is 44.2 Å². The number of nitrogens with zero attached hydrogens (tertiary/aromatic N) is 1. The van der Waals surface area contributed by atoms with Crippen molar-refractivity contribution in [2.24, 2.45) is 5.92 Å².